The number of alkyl carbamates (subject to hydrolysis) is 1. The van der Waals surface area contributed by atoms with E-state index >= 15 is 0 Å². The normalized spacial score (nSPS) is 20.4. The first-order valence-corrected chi connectivity index (χ1v) is 4.58. The van der Waals surface area contributed by atoms with Crippen LogP contribution >= 0.6 is 0 Å². The Balaban J connectivity index is 2.17. The van der Waals surface area contributed by atoms with E-state index in [1.54, 1.807) is 0 Å². The molecule has 1 saturated heterocycles. The van der Waals surface area contributed by atoms with Crippen LogP contribution in [0.25, 0.3) is 0 Å². The Bertz CT molecular complexity index is 400. The van der Waals surface area contributed by atoms with Crippen molar-refractivity contribution in [1.29, 1.82) is 0 Å². The van der Waals surface area contributed by atoms with Crippen LogP contribution in [0.2, 0.25) is 0 Å². The maximum atomic E-state index is 12.3. The van der Waals surface area contributed by atoms with Gasteiger partial charge < -0.3 is 10.1 Å². The Labute approximate surface area is 89.2 Å². The average molecular weight is 231 g/mol. The number of benzene rings is 1. The first-order valence-electron chi connectivity index (χ1n) is 4.58. The van der Waals surface area contributed by atoms with Crippen LogP contribution in [-0.2, 0) is 10.9 Å². The molecular weight excluding hydrogens is 223 g/mol. The molecule has 0 saturated carbocycles. The van der Waals surface area contributed by atoms with E-state index < -0.39 is 23.9 Å². The Morgan fingerprint density at radius 3 is 2.31 bits per heavy atom. The van der Waals surface area contributed by atoms with Crippen LogP contribution in [0, 0.1) is 0 Å². The highest BCUT2D eigenvalue weighted by molar-refractivity contribution is 5.69. The van der Waals surface area contributed by atoms with E-state index in [-0.39, 0.29) is 6.54 Å². The Morgan fingerprint density at radius 2 is 1.88 bits per heavy atom. The zero-order chi connectivity index (χ0) is 11.8. The highest BCUT2D eigenvalue weighted by Gasteiger charge is 2.31. The molecule has 0 aromatic heterocycles. The molecule has 1 fully saturated rings. The molecule has 1 N–H and O–H groups in total. The lowest BCUT2D eigenvalue weighted by Crippen LogP contribution is -2.12. The third-order valence-electron chi connectivity index (χ3n) is 2.29. The summed E-state index contributed by atoms with van der Waals surface area (Å²) in [6.45, 7) is 0.282. The third kappa shape index (κ3) is 2.10. The standard InChI is InChI=1S/C10H8F3NO2/c11-10(12,13)7-3-1-6(2-4-7)8-5-14-9(15)16-8/h1-4,8H,5H2,(H,14,15)/t8-/m1/s1. The minimum Gasteiger partial charge on any atom is -0.439 e. The van der Waals surface area contributed by atoms with E-state index in [0.29, 0.717) is 5.56 Å². The van der Waals surface area contributed by atoms with Gasteiger partial charge in [-0.05, 0) is 17.7 Å². The number of amides is 1. The number of hydrogen-bond donors (Lipinski definition) is 1. The highest BCUT2D eigenvalue weighted by atomic mass is 19.4. The zero-order valence-corrected chi connectivity index (χ0v) is 8.04. The molecule has 3 nitrogen and oxygen atoms in total. The van der Waals surface area contributed by atoms with Gasteiger partial charge in [0.05, 0.1) is 12.1 Å². The fourth-order valence-electron chi connectivity index (χ4n) is 1.46. The maximum Gasteiger partial charge on any atom is 0.416 e. The Kier molecular flexibility index (Phi) is 2.49. The smallest absolute Gasteiger partial charge is 0.416 e. The molecule has 0 aliphatic carbocycles. The van der Waals surface area contributed by atoms with Crippen molar-refractivity contribution < 1.29 is 22.7 Å². The molecule has 1 aromatic carbocycles. The van der Waals surface area contributed by atoms with Gasteiger partial charge in [0.15, 0.2) is 0 Å². The van der Waals surface area contributed by atoms with Gasteiger partial charge in [0, 0.05) is 0 Å². The molecule has 16 heavy (non-hydrogen) atoms. The van der Waals surface area contributed by atoms with Crippen molar-refractivity contribution in [2.24, 2.45) is 0 Å². The van der Waals surface area contributed by atoms with Crippen molar-refractivity contribution in [2.75, 3.05) is 6.54 Å². The van der Waals surface area contributed by atoms with Gasteiger partial charge in [0.1, 0.15) is 6.10 Å². The summed E-state index contributed by atoms with van der Waals surface area (Å²) in [7, 11) is 0. The summed E-state index contributed by atoms with van der Waals surface area (Å²) in [5, 5.41) is 2.43. The van der Waals surface area contributed by atoms with Gasteiger partial charge in [0.25, 0.3) is 0 Å². The maximum absolute atomic E-state index is 12.3. The number of halogens is 3. The summed E-state index contributed by atoms with van der Waals surface area (Å²) < 4.78 is 41.6. The van der Waals surface area contributed by atoms with Crippen LogP contribution < -0.4 is 5.32 Å². The predicted octanol–water partition coefficient (Wildman–Crippen LogP) is 2.49. The van der Waals surface area contributed by atoms with Crippen molar-refractivity contribution >= 4 is 6.09 Å². The van der Waals surface area contributed by atoms with Crippen molar-refractivity contribution in [3.05, 3.63) is 35.4 Å². The lowest BCUT2D eigenvalue weighted by atomic mass is 10.1. The molecule has 1 aliphatic rings. The first kappa shape index (κ1) is 10.8. The number of ether oxygens (including phenoxy) is 1. The van der Waals surface area contributed by atoms with Crippen LogP contribution in [0.5, 0.6) is 0 Å². The molecule has 1 heterocycles. The molecule has 0 bridgehead atoms. The van der Waals surface area contributed by atoms with Crippen molar-refractivity contribution in [3.8, 4) is 0 Å². The van der Waals surface area contributed by atoms with Gasteiger partial charge in [-0.3, -0.25) is 0 Å². The van der Waals surface area contributed by atoms with E-state index in [9.17, 15) is 18.0 Å². The monoisotopic (exact) mass is 231 g/mol. The van der Waals surface area contributed by atoms with Crippen molar-refractivity contribution in [2.45, 2.75) is 12.3 Å². The van der Waals surface area contributed by atoms with Crippen LogP contribution in [0.4, 0.5) is 18.0 Å². The molecule has 1 aliphatic heterocycles. The summed E-state index contributed by atoms with van der Waals surface area (Å²) in [4.78, 5) is 10.7. The molecule has 1 amide bonds. The number of rotatable bonds is 1. The number of carbonyl (C=O) groups is 1. The fraction of sp³-hybridized carbons (Fsp3) is 0.300. The van der Waals surface area contributed by atoms with Gasteiger partial charge in [-0.1, -0.05) is 12.1 Å². The Morgan fingerprint density at radius 1 is 1.25 bits per heavy atom. The van der Waals surface area contributed by atoms with Crippen LogP contribution in [-0.4, -0.2) is 12.6 Å². The van der Waals surface area contributed by atoms with E-state index in [4.69, 9.17) is 4.74 Å². The van der Waals surface area contributed by atoms with Crippen LogP contribution in [0.3, 0.4) is 0 Å². The SMILES string of the molecule is O=C1NC[C@H](c2ccc(C(F)(F)F)cc2)O1. The van der Waals surface area contributed by atoms with Crippen LogP contribution in [0.1, 0.15) is 17.2 Å². The predicted molar refractivity (Wildman–Crippen MR) is 48.7 cm³/mol. The third-order valence-corrected chi connectivity index (χ3v) is 2.29. The second-order valence-electron chi connectivity index (χ2n) is 3.39. The summed E-state index contributed by atoms with van der Waals surface area (Å²) in [6.07, 6.45) is -5.40. The number of carbonyl (C=O) groups excluding carboxylic acids is 1. The minimum atomic E-state index is -4.34. The van der Waals surface area contributed by atoms with E-state index in [0.717, 1.165) is 12.1 Å². The molecule has 1 atom stereocenters. The average Bonchev–Trinajstić information content (AvgIpc) is 2.64. The highest BCUT2D eigenvalue weighted by Crippen LogP contribution is 2.30. The van der Waals surface area contributed by atoms with Crippen molar-refractivity contribution in [3.63, 3.8) is 0 Å². The quantitative estimate of drug-likeness (QED) is 0.806. The fourth-order valence-corrected chi connectivity index (χ4v) is 1.46. The van der Waals surface area contributed by atoms with Crippen LogP contribution in [0.15, 0.2) is 24.3 Å². The largest absolute Gasteiger partial charge is 0.439 e. The molecule has 0 unspecified atom stereocenters. The lowest BCUT2D eigenvalue weighted by Gasteiger charge is -2.10. The van der Waals surface area contributed by atoms with Crippen molar-refractivity contribution in [1.82, 2.24) is 5.32 Å². The summed E-state index contributed by atoms with van der Waals surface area (Å²) >= 11 is 0. The molecule has 0 spiro atoms. The van der Waals surface area contributed by atoms with Gasteiger partial charge in [0.2, 0.25) is 0 Å². The van der Waals surface area contributed by atoms with E-state index in [1.165, 1.54) is 12.1 Å². The zero-order valence-electron chi connectivity index (χ0n) is 8.04. The number of nitrogens with one attached hydrogen (secondary N) is 1. The summed E-state index contributed by atoms with van der Waals surface area (Å²) in [5.74, 6) is 0. The first-order chi connectivity index (χ1) is 7.47. The van der Waals surface area contributed by atoms with E-state index in [1.807, 2.05) is 0 Å². The van der Waals surface area contributed by atoms with Gasteiger partial charge in [-0.2, -0.15) is 13.2 Å². The number of hydrogen-bond acceptors (Lipinski definition) is 2. The van der Waals surface area contributed by atoms with Gasteiger partial charge in [-0.15, -0.1) is 0 Å². The molecule has 0 radical (unpaired) electrons. The lowest BCUT2D eigenvalue weighted by molar-refractivity contribution is -0.137. The topological polar surface area (TPSA) is 38.3 Å². The second kappa shape index (κ2) is 3.70. The van der Waals surface area contributed by atoms with Gasteiger partial charge in [-0.25, -0.2) is 4.79 Å². The Hall–Kier alpha value is -1.72. The minimum absolute atomic E-state index is 0.282. The molecular formula is C10H8F3NO2. The van der Waals surface area contributed by atoms with E-state index in [2.05, 4.69) is 5.32 Å². The molecule has 6 heteroatoms. The number of alkyl halides is 3. The second-order valence-corrected chi connectivity index (χ2v) is 3.39. The summed E-state index contributed by atoms with van der Waals surface area (Å²) in [5.41, 5.74) is -0.167. The number of cyclic esters (lactones) is 1. The van der Waals surface area contributed by atoms with Gasteiger partial charge >= 0.3 is 12.3 Å². The molecule has 2 rings (SSSR count). The molecule has 86 valence electrons. The molecule has 1 aromatic rings. The summed E-state index contributed by atoms with van der Waals surface area (Å²) in [6, 6.07) is 4.57.